The molecule has 0 unspecified atom stereocenters. The molecule has 0 aromatic carbocycles. The van der Waals surface area contributed by atoms with Gasteiger partial charge in [-0.1, -0.05) is 6.08 Å². The smallest absolute Gasteiger partial charge is 0.259 e. The van der Waals surface area contributed by atoms with E-state index in [1.807, 2.05) is 29.8 Å². The zero-order chi connectivity index (χ0) is 10.7. The average Bonchev–Trinajstić information content (AvgIpc) is 2.70. The van der Waals surface area contributed by atoms with Crippen LogP contribution in [0.5, 0.6) is 0 Å². The lowest BCUT2D eigenvalue weighted by Gasteiger charge is -2.03. The first kappa shape index (κ1) is 10.2. The van der Waals surface area contributed by atoms with Gasteiger partial charge in [0.05, 0.1) is 5.39 Å². The first-order chi connectivity index (χ1) is 7.33. The first-order valence-corrected chi connectivity index (χ1v) is 5.88. The normalized spacial score (nSPS) is 10.7. The molecule has 2 aromatic heterocycles. The molecule has 0 fully saturated rings. The predicted molar refractivity (Wildman–Crippen MR) is 65.5 cm³/mol. The van der Waals surface area contributed by atoms with Crippen molar-refractivity contribution in [1.82, 2.24) is 4.57 Å². The minimum atomic E-state index is 0.123. The summed E-state index contributed by atoms with van der Waals surface area (Å²) in [5.74, 6) is 0. The lowest BCUT2D eigenvalue weighted by Crippen LogP contribution is -2.18. The third-order valence-electron chi connectivity index (χ3n) is 2.40. The summed E-state index contributed by atoms with van der Waals surface area (Å²) < 4.78 is 2.85. The molecule has 2 nitrogen and oxygen atoms in total. The summed E-state index contributed by atoms with van der Waals surface area (Å²) in [4.78, 5) is 11.9. The Kier molecular flexibility index (Phi) is 3.02. The van der Waals surface area contributed by atoms with Crippen molar-refractivity contribution >= 4 is 21.4 Å². The van der Waals surface area contributed by atoms with Crippen LogP contribution in [0.15, 0.2) is 41.2 Å². The fourth-order valence-electron chi connectivity index (χ4n) is 1.59. The highest BCUT2D eigenvalue weighted by Crippen LogP contribution is 2.16. The van der Waals surface area contributed by atoms with Crippen molar-refractivity contribution in [2.24, 2.45) is 0 Å². The molecule has 0 N–H and O–H groups in total. The zero-order valence-electron chi connectivity index (χ0n) is 8.48. The molecule has 0 spiro atoms. The van der Waals surface area contributed by atoms with E-state index >= 15 is 0 Å². The molecule has 0 aliphatic rings. The second-order valence-corrected chi connectivity index (χ2v) is 4.39. The predicted octanol–water partition coefficient (Wildman–Crippen LogP) is 3.03. The van der Waals surface area contributed by atoms with E-state index in [0.29, 0.717) is 0 Å². The molecule has 0 bridgehead atoms. The second kappa shape index (κ2) is 4.45. The Morgan fingerprint density at radius 3 is 3.13 bits per heavy atom. The second-order valence-electron chi connectivity index (χ2n) is 3.44. The monoisotopic (exact) mass is 219 g/mol. The third kappa shape index (κ3) is 2.02. The fourth-order valence-corrected chi connectivity index (χ4v) is 2.36. The lowest BCUT2D eigenvalue weighted by molar-refractivity contribution is 0.634. The summed E-state index contributed by atoms with van der Waals surface area (Å²) in [5.41, 5.74) is 0.123. The van der Waals surface area contributed by atoms with E-state index < -0.39 is 0 Å². The Balaban J connectivity index is 2.31. The van der Waals surface area contributed by atoms with Crippen LogP contribution in [0, 0.1) is 0 Å². The molecule has 0 radical (unpaired) electrons. The van der Waals surface area contributed by atoms with Crippen LogP contribution in [-0.4, -0.2) is 4.57 Å². The van der Waals surface area contributed by atoms with E-state index in [1.54, 1.807) is 15.9 Å². The summed E-state index contributed by atoms with van der Waals surface area (Å²) in [6.07, 6.45) is 5.69. The Hall–Kier alpha value is -1.35. The van der Waals surface area contributed by atoms with Crippen molar-refractivity contribution in [3.05, 3.63) is 46.7 Å². The number of aromatic nitrogens is 1. The molecule has 15 heavy (non-hydrogen) atoms. The Morgan fingerprint density at radius 2 is 2.33 bits per heavy atom. The van der Waals surface area contributed by atoms with Gasteiger partial charge in [-0.05, 0) is 30.4 Å². The van der Waals surface area contributed by atoms with E-state index in [0.717, 1.165) is 29.5 Å². The fraction of sp³-hybridized carbons (Fsp3) is 0.250. The summed E-state index contributed by atoms with van der Waals surface area (Å²) >= 11 is 1.61. The van der Waals surface area contributed by atoms with Gasteiger partial charge in [0.2, 0.25) is 0 Å². The summed E-state index contributed by atoms with van der Waals surface area (Å²) in [5, 5.41) is 2.79. The molecule has 0 amide bonds. The van der Waals surface area contributed by atoms with Gasteiger partial charge in [-0.3, -0.25) is 4.79 Å². The maximum absolute atomic E-state index is 11.9. The minimum absolute atomic E-state index is 0.123. The molecule has 2 heterocycles. The van der Waals surface area contributed by atoms with E-state index in [4.69, 9.17) is 0 Å². The molecule has 3 heteroatoms. The molecule has 2 aromatic rings. The standard InChI is InChI=1S/C12H13NOS/c1-2-3-4-7-13-8-5-11-10(12(13)14)6-9-15-11/h2,5-6,8-9H,1,3-4,7H2. The van der Waals surface area contributed by atoms with Crippen molar-refractivity contribution in [2.45, 2.75) is 19.4 Å². The number of pyridine rings is 1. The van der Waals surface area contributed by atoms with Crippen LogP contribution >= 0.6 is 11.3 Å². The highest BCUT2D eigenvalue weighted by Gasteiger charge is 2.02. The Morgan fingerprint density at radius 1 is 1.47 bits per heavy atom. The van der Waals surface area contributed by atoms with Crippen LogP contribution in [0.1, 0.15) is 12.8 Å². The van der Waals surface area contributed by atoms with Gasteiger partial charge in [0, 0.05) is 17.4 Å². The third-order valence-corrected chi connectivity index (χ3v) is 3.28. The van der Waals surface area contributed by atoms with Crippen LogP contribution in [0.2, 0.25) is 0 Å². The van der Waals surface area contributed by atoms with Crippen molar-refractivity contribution in [2.75, 3.05) is 0 Å². The lowest BCUT2D eigenvalue weighted by atomic mass is 10.3. The molecule has 0 aliphatic heterocycles. The Bertz CT molecular complexity index is 524. The van der Waals surface area contributed by atoms with Crippen molar-refractivity contribution in [3.63, 3.8) is 0 Å². The highest BCUT2D eigenvalue weighted by molar-refractivity contribution is 7.17. The van der Waals surface area contributed by atoms with Crippen molar-refractivity contribution in [1.29, 1.82) is 0 Å². The summed E-state index contributed by atoms with van der Waals surface area (Å²) in [6, 6.07) is 3.90. The zero-order valence-corrected chi connectivity index (χ0v) is 9.30. The summed E-state index contributed by atoms with van der Waals surface area (Å²) in [7, 11) is 0. The van der Waals surface area contributed by atoms with E-state index in [9.17, 15) is 4.79 Å². The quantitative estimate of drug-likeness (QED) is 0.572. The maximum Gasteiger partial charge on any atom is 0.259 e. The average molecular weight is 219 g/mol. The van der Waals surface area contributed by atoms with Gasteiger partial charge in [-0.15, -0.1) is 17.9 Å². The number of rotatable bonds is 4. The Labute approximate surface area is 92.5 Å². The number of allylic oxidation sites excluding steroid dienone is 1. The van der Waals surface area contributed by atoms with Gasteiger partial charge in [0.1, 0.15) is 0 Å². The SMILES string of the molecule is C=CCCCn1ccc2sccc2c1=O. The molecular formula is C12H13NOS. The summed E-state index contributed by atoms with van der Waals surface area (Å²) in [6.45, 7) is 4.44. The van der Waals surface area contributed by atoms with Crippen molar-refractivity contribution in [3.8, 4) is 0 Å². The maximum atomic E-state index is 11.9. The van der Waals surface area contributed by atoms with Crippen LogP contribution in [0.3, 0.4) is 0 Å². The molecule has 0 saturated heterocycles. The number of nitrogens with zero attached hydrogens (tertiary/aromatic N) is 1. The number of hydrogen-bond donors (Lipinski definition) is 0. The topological polar surface area (TPSA) is 22.0 Å². The van der Waals surface area contributed by atoms with Gasteiger partial charge in [0.15, 0.2) is 0 Å². The number of aryl methyl sites for hydroxylation is 1. The number of thiophene rings is 1. The highest BCUT2D eigenvalue weighted by atomic mass is 32.1. The van der Waals surface area contributed by atoms with Gasteiger partial charge >= 0.3 is 0 Å². The van der Waals surface area contributed by atoms with Gasteiger partial charge in [-0.25, -0.2) is 0 Å². The van der Waals surface area contributed by atoms with Crippen LogP contribution in [0.4, 0.5) is 0 Å². The van der Waals surface area contributed by atoms with Crippen LogP contribution in [0.25, 0.3) is 10.1 Å². The van der Waals surface area contributed by atoms with Gasteiger partial charge < -0.3 is 4.57 Å². The van der Waals surface area contributed by atoms with Crippen LogP contribution < -0.4 is 5.56 Å². The first-order valence-electron chi connectivity index (χ1n) is 5.00. The number of unbranched alkanes of at least 4 members (excludes halogenated alkanes) is 1. The molecule has 0 atom stereocenters. The van der Waals surface area contributed by atoms with E-state index in [1.165, 1.54) is 0 Å². The largest absolute Gasteiger partial charge is 0.315 e. The van der Waals surface area contributed by atoms with Crippen LogP contribution in [-0.2, 0) is 6.54 Å². The van der Waals surface area contributed by atoms with Gasteiger partial charge in [-0.2, -0.15) is 0 Å². The van der Waals surface area contributed by atoms with E-state index in [2.05, 4.69) is 6.58 Å². The van der Waals surface area contributed by atoms with Gasteiger partial charge in [0.25, 0.3) is 5.56 Å². The molecule has 2 rings (SSSR count). The molecule has 78 valence electrons. The molecule has 0 aliphatic carbocycles. The van der Waals surface area contributed by atoms with E-state index in [-0.39, 0.29) is 5.56 Å². The molecular weight excluding hydrogens is 206 g/mol. The number of hydrogen-bond acceptors (Lipinski definition) is 2. The minimum Gasteiger partial charge on any atom is -0.315 e. The molecule has 0 saturated carbocycles. The van der Waals surface area contributed by atoms with Crippen molar-refractivity contribution < 1.29 is 0 Å². The number of fused-ring (bicyclic) bond motifs is 1.